The highest BCUT2D eigenvalue weighted by Crippen LogP contribution is 2.24. The highest BCUT2D eigenvalue weighted by atomic mass is 35.5. The van der Waals surface area contributed by atoms with Gasteiger partial charge in [0, 0.05) is 0 Å². The molecule has 144 valence electrons. The molecule has 2 aromatic carbocycles. The van der Waals surface area contributed by atoms with Gasteiger partial charge in [-0.05, 0) is 23.8 Å². The summed E-state index contributed by atoms with van der Waals surface area (Å²) in [5.74, 6) is -0.316. The van der Waals surface area contributed by atoms with Gasteiger partial charge in [0.15, 0.2) is 0 Å². The highest BCUT2D eigenvalue weighted by molar-refractivity contribution is 7.99. The molecule has 0 saturated heterocycles. The van der Waals surface area contributed by atoms with E-state index >= 15 is 0 Å². The number of aromatic nitrogens is 2. The number of esters is 1. The smallest absolute Gasteiger partial charge is 0.337 e. The monoisotopic (exact) mass is 417 g/mol. The van der Waals surface area contributed by atoms with Crippen LogP contribution in [0.5, 0.6) is 0 Å². The molecule has 1 heterocycles. The minimum Gasteiger partial charge on any atom is -0.465 e. The van der Waals surface area contributed by atoms with Gasteiger partial charge < -0.3 is 14.5 Å². The number of ether oxygens (including phenoxy) is 1. The zero-order valence-corrected chi connectivity index (χ0v) is 16.4. The van der Waals surface area contributed by atoms with Gasteiger partial charge in [0.2, 0.25) is 11.8 Å². The molecule has 0 aliphatic heterocycles. The Hall–Kier alpha value is -2.84. The lowest BCUT2D eigenvalue weighted by molar-refractivity contribution is -0.113. The first-order chi connectivity index (χ1) is 13.5. The number of methoxy groups -OCH3 is 1. The van der Waals surface area contributed by atoms with Gasteiger partial charge in [-0.15, -0.1) is 10.2 Å². The maximum atomic E-state index is 12.2. The fraction of sp³-hybridized carbons (Fsp3) is 0.158. The molecule has 0 spiro atoms. The molecule has 28 heavy (non-hydrogen) atoms. The zero-order chi connectivity index (χ0) is 19.9. The molecule has 0 aliphatic rings. The van der Waals surface area contributed by atoms with Crippen molar-refractivity contribution in [1.29, 1.82) is 0 Å². The number of hydrogen-bond acceptors (Lipinski definition) is 7. The Kier molecular flexibility index (Phi) is 6.67. The van der Waals surface area contributed by atoms with Gasteiger partial charge in [-0.1, -0.05) is 53.7 Å². The van der Waals surface area contributed by atoms with E-state index in [9.17, 15) is 9.59 Å². The second-order valence-corrected chi connectivity index (χ2v) is 6.98. The fourth-order valence-corrected chi connectivity index (χ4v) is 3.06. The number of carbonyl (C=O) groups is 2. The molecule has 9 heteroatoms. The maximum Gasteiger partial charge on any atom is 0.337 e. The molecule has 0 atom stereocenters. The summed E-state index contributed by atoms with van der Waals surface area (Å²) in [6.07, 6.45) is 0.524. The highest BCUT2D eigenvalue weighted by Gasteiger charge is 2.13. The number of amides is 1. The zero-order valence-electron chi connectivity index (χ0n) is 14.8. The minimum atomic E-state index is -0.515. The number of carbonyl (C=O) groups excluding carboxylic acids is 2. The number of nitrogens with one attached hydrogen (secondary N) is 1. The van der Waals surface area contributed by atoms with Crippen LogP contribution in [0.1, 0.15) is 21.8 Å². The second-order valence-electron chi connectivity index (χ2n) is 5.65. The standard InChI is InChI=1S/C19H16ClN3O4S/c1-26-18(25)13-7-8-14(20)15(10-13)21-16(24)11-28-19-23-22-17(27-19)9-12-5-3-2-4-6-12/h2-8,10H,9,11H2,1H3,(H,21,24). The van der Waals surface area contributed by atoms with Crippen molar-refractivity contribution in [3.8, 4) is 0 Å². The Balaban J connectivity index is 1.56. The molecule has 3 rings (SSSR count). The number of halogens is 1. The molecule has 0 radical (unpaired) electrons. The summed E-state index contributed by atoms with van der Waals surface area (Å²) < 4.78 is 10.2. The average molecular weight is 418 g/mol. The van der Waals surface area contributed by atoms with Gasteiger partial charge >= 0.3 is 5.97 Å². The fourth-order valence-electron chi connectivity index (χ4n) is 2.32. The van der Waals surface area contributed by atoms with Crippen molar-refractivity contribution in [2.75, 3.05) is 18.2 Å². The van der Waals surface area contributed by atoms with E-state index in [1.54, 1.807) is 0 Å². The third-order valence-corrected chi connectivity index (χ3v) is 4.78. The van der Waals surface area contributed by atoms with Gasteiger partial charge in [0.1, 0.15) is 0 Å². The molecule has 0 fully saturated rings. The van der Waals surface area contributed by atoms with Crippen molar-refractivity contribution in [3.63, 3.8) is 0 Å². The molecule has 0 aliphatic carbocycles. The number of thioether (sulfide) groups is 1. The molecule has 0 bridgehead atoms. The van der Waals surface area contributed by atoms with Crippen LogP contribution in [0.3, 0.4) is 0 Å². The minimum absolute atomic E-state index is 0.0474. The summed E-state index contributed by atoms with van der Waals surface area (Å²) >= 11 is 7.18. The first-order valence-corrected chi connectivity index (χ1v) is 9.58. The molecule has 0 unspecified atom stereocenters. The Morgan fingerprint density at radius 1 is 1.18 bits per heavy atom. The Bertz CT molecular complexity index is 978. The van der Waals surface area contributed by atoms with Gasteiger partial charge in [-0.25, -0.2) is 4.79 Å². The van der Waals surface area contributed by atoms with Crippen molar-refractivity contribution < 1.29 is 18.7 Å². The predicted octanol–water partition coefficient (Wildman–Crippen LogP) is 3.83. The number of nitrogens with zero attached hydrogens (tertiary/aromatic N) is 2. The molecule has 1 amide bonds. The van der Waals surface area contributed by atoms with E-state index in [1.165, 1.54) is 25.3 Å². The van der Waals surface area contributed by atoms with E-state index in [0.717, 1.165) is 17.3 Å². The van der Waals surface area contributed by atoms with Crippen LogP contribution in [0.2, 0.25) is 5.02 Å². The lowest BCUT2D eigenvalue weighted by atomic mass is 10.2. The molecule has 7 nitrogen and oxygen atoms in total. The van der Waals surface area contributed by atoms with E-state index < -0.39 is 5.97 Å². The Morgan fingerprint density at radius 3 is 2.71 bits per heavy atom. The lowest BCUT2D eigenvalue weighted by Gasteiger charge is -2.08. The molecule has 3 aromatic rings. The number of rotatable bonds is 7. The number of hydrogen-bond donors (Lipinski definition) is 1. The number of anilines is 1. The van der Waals surface area contributed by atoms with Crippen molar-refractivity contribution in [3.05, 3.63) is 70.6 Å². The van der Waals surface area contributed by atoms with Crippen LogP contribution in [0.4, 0.5) is 5.69 Å². The first-order valence-electron chi connectivity index (χ1n) is 8.22. The van der Waals surface area contributed by atoms with Crippen LogP contribution in [0, 0.1) is 0 Å². The van der Waals surface area contributed by atoms with Crippen molar-refractivity contribution in [1.82, 2.24) is 10.2 Å². The summed E-state index contributed by atoms with van der Waals surface area (Å²) in [6.45, 7) is 0. The summed E-state index contributed by atoms with van der Waals surface area (Å²) in [5.41, 5.74) is 1.67. The molecule has 1 aromatic heterocycles. The number of benzene rings is 2. The Labute approximate surface area is 170 Å². The second kappa shape index (κ2) is 9.38. The van der Waals surface area contributed by atoms with Gasteiger partial charge in [-0.2, -0.15) is 0 Å². The molecular weight excluding hydrogens is 402 g/mol. The summed E-state index contributed by atoms with van der Waals surface area (Å²) in [7, 11) is 1.28. The lowest BCUT2D eigenvalue weighted by Crippen LogP contribution is -2.15. The van der Waals surface area contributed by atoms with Crippen LogP contribution in [-0.4, -0.2) is 34.9 Å². The summed E-state index contributed by atoms with van der Waals surface area (Å²) in [5, 5.41) is 11.2. The molecule has 1 N–H and O–H groups in total. The summed E-state index contributed by atoms with van der Waals surface area (Å²) in [4.78, 5) is 23.8. The van der Waals surface area contributed by atoms with Crippen molar-refractivity contribution in [2.45, 2.75) is 11.6 Å². The first kappa shape index (κ1) is 19.9. The third-order valence-electron chi connectivity index (χ3n) is 3.63. The van der Waals surface area contributed by atoms with Crippen molar-refractivity contribution in [2.24, 2.45) is 0 Å². The van der Waals surface area contributed by atoms with E-state index in [4.69, 9.17) is 16.0 Å². The molecule has 0 saturated carbocycles. The van der Waals surface area contributed by atoms with Crippen LogP contribution < -0.4 is 5.32 Å². The van der Waals surface area contributed by atoms with Crippen LogP contribution >= 0.6 is 23.4 Å². The van der Waals surface area contributed by atoms with E-state index in [1.807, 2.05) is 30.3 Å². The maximum absolute atomic E-state index is 12.2. The van der Waals surface area contributed by atoms with Crippen LogP contribution in [-0.2, 0) is 16.0 Å². The van der Waals surface area contributed by atoms with Gasteiger partial charge in [0.25, 0.3) is 5.22 Å². The quantitative estimate of drug-likeness (QED) is 0.461. The normalized spacial score (nSPS) is 10.5. The molecular formula is C19H16ClN3O4S. The van der Waals surface area contributed by atoms with Crippen LogP contribution in [0.25, 0.3) is 0 Å². The van der Waals surface area contributed by atoms with E-state index in [2.05, 4.69) is 20.3 Å². The largest absolute Gasteiger partial charge is 0.465 e. The average Bonchev–Trinajstić information content (AvgIpc) is 3.15. The SMILES string of the molecule is COC(=O)c1ccc(Cl)c(NC(=O)CSc2nnc(Cc3ccccc3)o2)c1. The van der Waals surface area contributed by atoms with Crippen molar-refractivity contribution >= 4 is 40.9 Å². The predicted molar refractivity (Wildman–Crippen MR) is 106 cm³/mol. The van der Waals surface area contributed by atoms with E-state index in [0.29, 0.717) is 28.2 Å². The Morgan fingerprint density at radius 2 is 1.96 bits per heavy atom. The summed E-state index contributed by atoms with van der Waals surface area (Å²) in [6, 6.07) is 14.2. The van der Waals surface area contributed by atoms with E-state index in [-0.39, 0.29) is 17.2 Å². The van der Waals surface area contributed by atoms with Gasteiger partial charge in [0.05, 0.1) is 35.6 Å². The topological polar surface area (TPSA) is 94.3 Å². The van der Waals surface area contributed by atoms with Crippen LogP contribution in [0.15, 0.2) is 58.2 Å². The van der Waals surface area contributed by atoms with Gasteiger partial charge in [-0.3, -0.25) is 4.79 Å². The third kappa shape index (κ3) is 5.34.